The standard InChI is InChI=1S/C17H21N3O3/c1-11-7-13(8-12(2)18-11)9-15(21)19-4-3-17-14(19)10-16(22)20(17)5-6-23-17/h7-8,14H,3-6,9-10H2,1-2H3/t14-,17+/m1/s1. The van der Waals surface area contributed by atoms with Gasteiger partial charge in [0.2, 0.25) is 11.8 Å². The molecule has 3 saturated heterocycles. The second-order valence-corrected chi connectivity index (χ2v) is 6.73. The van der Waals surface area contributed by atoms with Crippen molar-refractivity contribution in [1.29, 1.82) is 0 Å². The molecule has 2 atom stereocenters. The van der Waals surface area contributed by atoms with E-state index in [0.717, 1.165) is 23.4 Å². The average molecular weight is 315 g/mol. The summed E-state index contributed by atoms with van der Waals surface area (Å²) in [5.41, 5.74) is 2.28. The van der Waals surface area contributed by atoms with Crippen LogP contribution in [0.25, 0.3) is 0 Å². The number of amides is 2. The highest BCUT2D eigenvalue weighted by Crippen LogP contribution is 2.45. The first-order valence-electron chi connectivity index (χ1n) is 8.18. The molecule has 0 radical (unpaired) electrons. The fourth-order valence-electron chi connectivity index (χ4n) is 4.39. The Kier molecular flexibility index (Phi) is 3.20. The first kappa shape index (κ1) is 14.6. The molecule has 6 heteroatoms. The molecule has 122 valence electrons. The van der Waals surface area contributed by atoms with Gasteiger partial charge in [0.15, 0.2) is 5.72 Å². The number of ether oxygens (including phenoxy) is 1. The van der Waals surface area contributed by atoms with Crippen molar-refractivity contribution in [2.24, 2.45) is 0 Å². The van der Waals surface area contributed by atoms with Gasteiger partial charge >= 0.3 is 0 Å². The lowest BCUT2D eigenvalue weighted by atomic mass is 10.1. The van der Waals surface area contributed by atoms with Crippen LogP contribution in [0.1, 0.15) is 29.8 Å². The maximum Gasteiger partial charge on any atom is 0.227 e. The van der Waals surface area contributed by atoms with Gasteiger partial charge in [-0.1, -0.05) is 0 Å². The number of hydrogen-bond donors (Lipinski definition) is 0. The van der Waals surface area contributed by atoms with Gasteiger partial charge in [0.25, 0.3) is 0 Å². The van der Waals surface area contributed by atoms with Gasteiger partial charge in [0, 0.05) is 30.9 Å². The summed E-state index contributed by atoms with van der Waals surface area (Å²) in [4.78, 5) is 33.0. The van der Waals surface area contributed by atoms with Crippen LogP contribution in [0.5, 0.6) is 0 Å². The molecule has 4 rings (SSSR count). The molecule has 6 nitrogen and oxygen atoms in total. The van der Waals surface area contributed by atoms with E-state index in [4.69, 9.17) is 4.74 Å². The zero-order valence-corrected chi connectivity index (χ0v) is 13.5. The first-order valence-corrected chi connectivity index (χ1v) is 8.18. The molecule has 3 fully saturated rings. The zero-order valence-electron chi connectivity index (χ0n) is 13.5. The van der Waals surface area contributed by atoms with E-state index >= 15 is 0 Å². The third-order valence-corrected chi connectivity index (χ3v) is 5.22. The molecular weight excluding hydrogens is 294 g/mol. The predicted octanol–water partition coefficient (Wildman–Crippen LogP) is 0.801. The lowest BCUT2D eigenvalue weighted by molar-refractivity contribution is -0.139. The van der Waals surface area contributed by atoms with E-state index in [9.17, 15) is 9.59 Å². The van der Waals surface area contributed by atoms with Gasteiger partial charge in [-0.25, -0.2) is 0 Å². The summed E-state index contributed by atoms with van der Waals surface area (Å²) in [6.45, 7) is 5.76. The summed E-state index contributed by atoms with van der Waals surface area (Å²) < 4.78 is 5.93. The Morgan fingerprint density at radius 2 is 2.09 bits per heavy atom. The number of carbonyl (C=O) groups is 2. The van der Waals surface area contributed by atoms with E-state index in [1.807, 2.05) is 35.8 Å². The predicted molar refractivity (Wildman–Crippen MR) is 82.5 cm³/mol. The number of nitrogens with zero attached hydrogens (tertiary/aromatic N) is 3. The lowest BCUT2D eigenvalue weighted by Crippen LogP contribution is -2.49. The molecule has 1 aromatic rings. The molecular formula is C17H21N3O3. The van der Waals surface area contributed by atoms with Gasteiger partial charge in [-0.15, -0.1) is 0 Å². The molecule has 3 aliphatic heterocycles. The van der Waals surface area contributed by atoms with E-state index in [2.05, 4.69) is 4.98 Å². The highest BCUT2D eigenvalue weighted by molar-refractivity contribution is 5.85. The monoisotopic (exact) mass is 315 g/mol. The van der Waals surface area contributed by atoms with Crippen LogP contribution in [-0.4, -0.2) is 58.1 Å². The van der Waals surface area contributed by atoms with Gasteiger partial charge in [0.1, 0.15) is 0 Å². The largest absolute Gasteiger partial charge is 0.351 e. The van der Waals surface area contributed by atoms with Crippen LogP contribution in [0.15, 0.2) is 12.1 Å². The summed E-state index contributed by atoms with van der Waals surface area (Å²) in [5.74, 6) is 0.183. The van der Waals surface area contributed by atoms with Gasteiger partial charge in [0.05, 0.1) is 25.5 Å². The van der Waals surface area contributed by atoms with Gasteiger partial charge < -0.3 is 14.5 Å². The van der Waals surface area contributed by atoms with Crippen LogP contribution < -0.4 is 0 Å². The topological polar surface area (TPSA) is 62.7 Å². The summed E-state index contributed by atoms with van der Waals surface area (Å²) in [7, 11) is 0. The molecule has 1 aromatic heterocycles. The van der Waals surface area contributed by atoms with Crippen LogP contribution in [-0.2, 0) is 20.7 Å². The Morgan fingerprint density at radius 3 is 2.83 bits per heavy atom. The Labute approximate surface area is 135 Å². The van der Waals surface area contributed by atoms with Crippen LogP contribution in [0.4, 0.5) is 0 Å². The van der Waals surface area contributed by atoms with Crippen LogP contribution in [0.2, 0.25) is 0 Å². The molecule has 3 aliphatic rings. The lowest BCUT2D eigenvalue weighted by Gasteiger charge is -2.31. The van der Waals surface area contributed by atoms with Crippen molar-refractivity contribution in [2.45, 2.75) is 44.9 Å². The van der Waals surface area contributed by atoms with E-state index in [1.54, 1.807) is 0 Å². The van der Waals surface area contributed by atoms with Crippen LogP contribution in [0.3, 0.4) is 0 Å². The van der Waals surface area contributed by atoms with Crippen molar-refractivity contribution < 1.29 is 14.3 Å². The van der Waals surface area contributed by atoms with Crippen molar-refractivity contribution >= 4 is 11.8 Å². The molecule has 2 amide bonds. The maximum absolute atomic E-state index is 12.8. The number of pyridine rings is 1. The number of aromatic nitrogens is 1. The van der Waals surface area contributed by atoms with Crippen LogP contribution in [0, 0.1) is 13.8 Å². The Balaban J connectivity index is 1.55. The fourth-order valence-corrected chi connectivity index (χ4v) is 4.39. The molecule has 23 heavy (non-hydrogen) atoms. The van der Waals surface area contributed by atoms with E-state index in [1.165, 1.54) is 0 Å². The van der Waals surface area contributed by atoms with E-state index in [-0.39, 0.29) is 17.9 Å². The highest BCUT2D eigenvalue weighted by atomic mass is 16.5. The van der Waals surface area contributed by atoms with Crippen molar-refractivity contribution in [3.8, 4) is 0 Å². The van der Waals surface area contributed by atoms with E-state index in [0.29, 0.717) is 32.5 Å². The summed E-state index contributed by atoms with van der Waals surface area (Å²) in [6, 6.07) is 3.78. The normalized spacial score (nSPS) is 29.1. The minimum Gasteiger partial charge on any atom is -0.351 e. The average Bonchev–Trinajstić information content (AvgIpc) is 3.09. The van der Waals surface area contributed by atoms with E-state index < -0.39 is 5.72 Å². The first-order chi connectivity index (χ1) is 11.0. The van der Waals surface area contributed by atoms with Gasteiger partial charge in [-0.3, -0.25) is 14.6 Å². The van der Waals surface area contributed by atoms with Crippen molar-refractivity contribution in [3.63, 3.8) is 0 Å². The van der Waals surface area contributed by atoms with Crippen LogP contribution >= 0.6 is 0 Å². The van der Waals surface area contributed by atoms with Gasteiger partial charge in [-0.2, -0.15) is 0 Å². The number of likely N-dealkylation sites (tertiary alicyclic amines) is 1. The van der Waals surface area contributed by atoms with Crippen molar-refractivity contribution in [1.82, 2.24) is 14.8 Å². The highest BCUT2D eigenvalue weighted by Gasteiger charge is 2.62. The minimum absolute atomic E-state index is 0.0713. The second kappa shape index (κ2) is 5.03. The van der Waals surface area contributed by atoms with Crippen molar-refractivity contribution in [2.75, 3.05) is 19.7 Å². The van der Waals surface area contributed by atoms with Gasteiger partial charge in [-0.05, 0) is 31.5 Å². The molecule has 1 spiro atoms. The molecule has 0 aliphatic carbocycles. The smallest absolute Gasteiger partial charge is 0.227 e. The Morgan fingerprint density at radius 1 is 1.35 bits per heavy atom. The molecule has 0 N–H and O–H groups in total. The summed E-state index contributed by atoms with van der Waals surface area (Å²) in [5, 5.41) is 0. The Hall–Kier alpha value is -1.95. The third-order valence-electron chi connectivity index (χ3n) is 5.22. The molecule has 4 heterocycles. The molecule has 0 unspecified atom stereocenters. The summed E-state index contributed by atoms with van der Waals surface area (Å²) >= 11 is 0. The number of aryl methyl sites for hydroxylation is 2. The number of rotatable bonds is 2. The summed E-state index contributed by atoms with van der Waals surface area (Å²) in [6.07, 6.45) is 1.47. The zero-order chi connectivity index (χ0) is 16.2. The second-order valence-electron chi connectivity index (χ2n) is 6.73. The molecule has 0 bridgehead atoms. The Bertz CT molecular complexity index is 669. The number of hydrogen-bond acceptors (Lipinski definition) is 4. The SMILES string of the molecule is Cc1cc(CC(=O)N2CC[C@@]34OCCN3C(=O)C[C@@H]24)cc(C)n1. The molecule has 0 aromatic carbocycles. The minimum atomic E-state index is -0.545. The molecule has 0 saturated carbocycles. The quantitative estimate of drug-likeness (QED) is 0.810. The van der Waals surface area contributed by atoms with Crippen molar-refractivity contribution in [3.05, 3.63) is 29.1 Å². The number of carbonyl (C=O) groups excluding carboxylic acids is 2. The maximum atomic E-state index is 12.8. The third kappa shape index (κ3) is 2.16. The fraction of sp³-hybridized carbons (Fsp3) is 0.588.